The van der Waals surface area contributed by atoms with Crippen LogP contribution in [0.15, 0.2) is 84.9 Å². The van der Waals surface area contributed by atoms with Gasteiger partial charge in [0, 0.05) is 95.0 Å². The average molecular weight is 642 g/mol. The Morgan fingerprint density at radius 3 is 1.43 bits per heavy atom. The lowest BCUT2D eigenvalue weighted by molar-refractivity contribution is 0.123. The van der Waals surface area contributed by atoms with E-state index in [1.165, 1.54) is 44.5 Å². The van der Waals surface area contributed by atoms with Crippen molar-refractivity contribution in [3.05, 3.63) is 102 Å². The fourth-order valence-electron chi connectivity index (χ4n) is 6.81. The van der Waals surface area contributed by atoms with Crippen LogP contribution in [0.3, 0.4) is 0 Å². The molecule has 0 unspecified atom stereocenters. The molecular formula is C39H55N3O3Si. The standard InChI is InChI=1S/C39H55N3O3Si/c1-9-40(10-2)33-23-19-31(20-24-33)39(32-21-25-34(26-22-32)41(11-3)12-4)37-27-28-38(36-18-15-14-17-35(36)37)42(13-5)29-16-30-46(43-6,44-7)45-8/h14-15,17-28,39H,9-13,16,29-30H2,1-8H3. The van der Waals surface area contributed by atoms with Gasteiger partial charge in [0.2, 0.25) is 0 Å². The van der Waals surface area contributed by atoms with E-state index in [0.29, 0.717) is 0 Å². The van der Waals surface area contributed by atoms with Gasteiger partial charge >= 0.3 is 8.80 Å². The van der Waals surface area contributed by atoms with Crippen molar-refractivity contribution in [1.82, 2.24) is 0 Å². The van der Waals surface area contributed by atoms with Crippen molar-refractivity contribution in [3.8, 4) is 0 Å². The summed E-state index contributed by atoms with van der Waals surface area (Å²) in [6.45, 7) is 16.9. The van der Waals surface area contributed by atoms with Crippen LogP contribution in [0.5, 0.6) is 0 Å². The highest BCUT2D eigenvalue weighted by Crippen LogP contribution is 2.40. The van der Waals surface area contributed by atoms with Crippen LogP contribution in [0.4, 0.5) is 17.1 Å². The Bertz CT molecular complexity index is 1420. The molecule has 0 amide bonds. The van der Waals surface area contributed by atoms with Crippen LogP contribution in [-0.4, -0.2) is 69.4 Å². The maximum atomic E-state index is 5.69. The fourth-order valence-corrected chi connectivity index (χ4v) is 8.51. The first kappa shape index (κ1) is 35.5. The van der Waals surface area contributed by atoms with Crippen LogP contribution in [0.1, 0.15) is 63.6 Å². The molecule has 0 atom stereocenters. The van der Waals surface area contributed by atoms with E-state index < -0.39 is 8.80 Å². The quantitative estimate of drug-likeness (QED) is 0.0799. The third-order valence-corrected chi connectivity index (χ3v) is 12.4. The van der Waals surface area contributed by atoms with E-state index in [1.807, 2.05) is 0 Å². The topological polar surface area (TPSA) is 37.4 Å². The summed E-state index contributed by atoms with van der Waals surface area (Å²) in [5, 5.41) is 2.57. The summed E-state index contributed by atoms with van der Waals surface area (Å²) in [4.78, 5) is 7.28. The first-order valence-corrected chi connectivity index (χ1v) is 19.0. The predicted octanol–water partition coefficient (Wildman–Crippen LogP) is 8.81. The maximum absolute atomic E-state index is 5.69. The van der Waals surface area contributed by atoms with Gasteiger partial charge in [0.15, 0.2) is 0 Å². The fraction of sp³-hybridized carbons (Fsp3) is 0.436. The number of fused-ring (bicyclic) bond motifs is 1. The van der Waals surface area contributed by atoms with Gasteiger partial charge in [0.25, 0.3) is 0 Å². The molecule has 0 aliphatic heterocycles. The number of hydrogen-bond donors (Lipinski definition) is 0. The van der Waals surface area contributed by atoms with Gasteiger partial charge in [-0.2, -0.15) is 0 Å². The molecule has 0 aromatic heterocycles. The molecule has 4 aromatic carbocycles. The van der Waals surface area contributed by atoms with Crippen molar-refractivity contribution < 1.29 is 13.3 Å². The van der Waals surface area contributed by atoms with E-state index in [-0.39, 0.29) is 5.92 Å². The normalized spacial score (nSPS) is 11.8. The third kappa shape index (κ3) is 7.77. The third-order valence-electron chi connectivity index (χ3n) is 9.52. The van der Waals surface area contributed by atoms with Gasteiger partial charge in [-0.25, -0.2) is 0 Å². The van der Waals surface area contributed by atoms with Crippen molar-refractivity contribution in [2.24, 2.45) is 0 Å². The number of nitrogens with zero attached hydrogens (tertiary/aromatic N) is 3. The Hall–Kier alpha value is -3.36. The van der Waals surface area contributed by atoms with Crippen LogP contribution >= 0.6 is 0 Å². The maximum Gasteiger partial charge on any atom is 0.500 e. The van der Waals surface area contributed by atoms with E-state index in [2.05, 4.69) is 134 Å². The summed E-state index contributed by atoms with van der Waals surface area (Å²) in [6.07, 6.45) is 0.923. The minimum atomic E-state index is -2.62. The molecule has 0 bridgehead atoms. The first-order valence-electron chi connectivity index (χ1n) is 17.0. The molecule has 6 nitrogen and oxygen atoms in total. The van der Waals surface area contributed by atoms with E-state index in [9.17, 15) is 0 Å². The molecule has 0 radical (unpaired) electrons. The highest BCUT2D eigenvalue weighted by molar-refractivity contribution is 6.60. The average Bonchev–Trinajstić information content (AvgIpc) is 3.11. The second-order valence-electron chi connectivity index (χ2n) is 11.7. The first-order chi connectivity index (χ1) is 22.4. The molecule has 0 saturated carbocycles. The molecule has 0 heterocycles. The zero-order chi connectivity index (χ0) is 33.1. The van der Waals surface area contributed by atoms with Gasteiger partial charge in [-0.3, -0.25) is 0 Å². The number of anilines is 3. The summed E-state index contributed by atoms with van der Waals surface area (Å²) in [7, 11) is 2.45. The minimum Gasteiger partial charge on any atom is -0.377 e. The van der Waals surface area contributed by atoms with Gasteiger partial charge in [-0.05, 0) is 93.4 Å². The number of hydrogen-bond acceptors (Lipinski definition) is 6. The summed E-state index contributed by atoms with van der Waals surface area (Å²) >= 11 is 0. The monoisotopic (exact) mass is 641 g/mol. The van der Waals surface area contributed by atoms with E-state index in [4.69, 9.17) is 13.3 Å². The predicted molar refractivity (Wildman–Crippen MR) is 199 cm³/mol. The van der Waals surface area contributed by atoms with Gasteiger partial charge < -0.3 is 28.0 Å². The van der Waals surface area contributed by atoms with Crippen LogP contribution in [0, 0.1) is 0 Å². The molecule has 4 rings (SSSR count). The van der Waals surface area contributed by atoms with E-state index >= 15 is 0 Å². The molecule has 248 valence electrons. The molecule has 0 saturated heterocycles. The van der Waals surface area contributed by atoms with Crippen LogP contribution in [0.25, 0.3) is 10.8 Å². The summed E-state index contributed by atoms with van der Waals surface area (Å²) < 4.78 is 17.1. The molecule has 0 spiro atoms. The summed E-state index contributed by atoms with van der Waals surface area (Å²) in [5.41, 5.74) is 7.73. The molecule has 0 fully saturated rings. The Kier molecular flexibility index (Phi) is 13.1. The highest BCUT2D eigenvalue weighted by atomic mass is 28.4. The Labute approximate surface area is 279 Å². The van der Waals surface area contributed by atoms with Gasteiger partial charge in [0.1, 0.15) is 0 Å². The zero-order valence-electron chi connectivity index (χ0n) is 29.4. The van der Waals surface area contributed by atoms with Crippen molar-refractivity contribution in [2.45, 2.75) is 53.0 Å². The van der Waals surface area contributed by atoms with E-state index in [1.54, 1.807) is 21.3 Å². The Morgan fingerprint density at radius 2 is 1.00 bits per heavy atom. The smallest absolute Gasteiger partial charge is 0.377 e. The molecule has 7 heteroatoms. The molecule has 4 aromatic rings. The van der Waals surface area contributed by atoms with Crippen LogP contribution < -0.4 is 14.7 Å². The Morgan fingerprint density at radius 1 is 0.543 bits per heavy atom. The van der Waals surface area contributed by atoms with Gasteiger partial charge in [-0.15, -0.1) is 0 Å². The molecule has 0 aliphatic rings. The minimum absolute atomic E-state index is 0.0993. The zero-order valence-corrected chi connectivity index (χ0v) is 30.4. The summed E-state index contributed by atoms with van der Waals surface area (Å²) in [6, 6.07) is 32.8. The van der Waals surface area contributed by atoms with Crippen LogP contribution in [-0.2, 0) is 13.3 Å². The Balaban J connectivity index is 1.78. The highest BCUT2D eigenvalue weighted by Gasteiger charge is 2.37. The van der Waals surface area contributed by atoms with Crippen molar-refractivity contribution in [3.63, 3.8) is 0 Å². The molecular weight excluding hydrogens is 587 g/mol. The van der Waals surface area contributed by atoms with Crippen molar-refractivity contribution in [1.29, 1.82) is 0 Å². The lowest BCUT2D eigenvalue weighted by Gasteiger charge is -2.29. The van der Waals surface area contributed by atoms with Gasteiger partial charge in [0.05, 0.1) is 0 Å². The van der Waals surface area contributed by atoms with Crippen LogP contribution in [0.2, 0.25) is 6.04 Å². The molecule has 0 aliphatic carbocycles. The largest absolute Gasteiger partial charge is 0.500 e. The number of rotatable bonds is 18. The molecule has 46 heavy (non-hydrogen) atoms. The van der Waals surface area contributed by atoms with Crippen molar-refractivity contribution in [2.75, 3.05) is 75.3 Å². The SMILES string of the molecule is CCN(CC)c1ccc(C(c2ccc(N(CC)CC)cc2)c2ccc(N(CC)CCC[Si](OC)(OC)OC)c3ccccc23)cc1. The lowest BCUT2D eigenvalue weighted by Crippen LogP contribution is -2.43. The number of benzene rings is 4. The summed E-state index contributed by atoms with van der Waals surface area (Å²) in [5.74, 6) is 0.0993. The van der Waals surface area contributed by atoms with E-state index in [0.717, 1.165) is 51.7 Å². The van der Waals surface area contributed by atoms with Crippen molar-refractivity contribution >= 4 is 36.6 Å². The second-order valence-corrected chi connectivity index (χ2v) is 14.7. The lowest BCUT2D eigenvalue weighted by atomic mass is 9.82. The van der Waals surface area contributed by atoms with Gasteiger partial charge in [-0.1, -0.05) is 54.6 Å². The molecule has 0 N–H and O–H groups in total. The second kappa shape index (κ2) is 17.0.